The lowest BCUT2D eigenvalue weighted by Gasteiger charge is -2.17. The highest BCUT2D eigenvalue weighted by atomic mass is 79.9. The van der Waals surface area contributed by atoms with E-state index in [-0.39, 0.29) is 0 Å². The number of alkyl halides is 3. The third-order valence-corrected chi connectivity index (χ3v) is 4.68. The van der Waals surface area contributed by atoms with Crippen LogP contribution < -0.4 is 4.72 Å². The smallest absolute Gasteiger partial charge is 0.208 e. The zero-order valence-corrected chi connectivity index (χ0v) is 12.3. The summed E-state index contributed by atoms with van der Waals surface area (Å²) < 4.78 is 87.6. The second kappa shape index (κ2) is 5.94. The molecule has 0 bridgehead atoms. The van der Waals surface area contributed by atoms with Gasteiger partial charge in [0.25, 0.3) is 0 Å². The lowest BCUT2D eigenvalue weighted by molar-refractivity contribution is -0.137. The lowest BCUT2D eigenvalue weighted by Crippen LogP contribution is -2.36. The van der Waals surface area contributed by atoms with Gasteiger partial charge in [0.15, 0.2) is 0 Å². The first-order valence-electron chi connectivity index (χ1n) is 5.16. The quantitative estimate of drug-likeness (QED) is 0.813. The number of benzene rings is 1. The van der Waals surface area contributed by atoms with Gasteiger partial charge in [0.1, 0.15) is 16.5 Å². The van der Waals surface area contributed by atoms with E-state index in [0.29, 0.717) is 12.1 Å². The van der Waals surface area contributed by atoms with Gasteiger partial charge in [-0.3, -0.25) is 0 Å². The Hall–Kier alpha value is -0.740. The summed E-state index contributed by atoms with van der Waals surface area (Å²) in [6, 6.07) is -0.462. The van der Waals surface area contributed by atoms with Crippen molar-refractivity contribution < 1.29 is 30.4 Å². The summed E-state index contributed by atoms with van der Waals surface area (Å²) in [7, 11) is -4.55. The van der Waals surface area contributed by atoms with Crippen LogP contribution in [0.15, 0.2) is 21.5 Å². The van der Waals surface area contributed by atoms with Crippen LogP contribution in [0.3, 0.4) is 0 Å². The molecule has 0 amide bonds. The van der Waals surface area contributed by atoms with Gasteiger partial charge in [-0.15, -0.1) is 0 Å². The highest BCUT2D eigenvalue weighted by Crippen LogP contribution is 2.27. The van der Waals surface area contributed by atoms with Crippen LogP contribution in [0.25, 0.3) is 0 Å². The van der Waals surface area contributed by atoms with Gasteiger partial charge >= 0.3 is 6.18 Å². The molecule has 0 spiro atoms. The molecule has 0 aliphatic carbocycles. The molecule has 1 aromatic carbocycles. The molecule has 0 saturated carbocycles. The van der Waals surface area contributed by atoms with Crippen molar-refractivity contribution in [3.05, 3.63) is 28.2 Å². The zero-order valence-electron chi connectivity index (χ0n) is 9.93. The molecule has 1 N–H and O–H groups in total. The van der Waals surface area contributed by atoms with Crippen LogP contribution in [0.1, 0.15) is 13.3 Å². The molecule has 0 radical (unpaired) electrons. The van der Waals surface area contributed by atoms with Gasteiger partial charge in [-0.2, -0.15) is 13.2 Å². The first-order valence-corrected chi connectivity index (χ1v) is 7.43. The van der Waals surface area contributed by atoms with Crippen LogP contribution in [0, 0.1) is 11.6 Å². The molecule has 1 aromatic rings. The third-order valence-electron chi connectivity index (χ3n) is 2.13. The summed E-state index contributed by atoms with van der Waals surface area (Å²) in [4.78, 5) is -0.937. The average Bonchev–Trinajstić information content (AvgIpc) is 2.08. The summed E-state index contributed by atoms with van der Waals surface area (Å²) >= 11 is 2.66. The topological polar surface area (TPSA) is 46.2 Å². The van der Waals surface area contributed by atoms with Crippen molar-refractivity contribution in [3.8, 4) is 0 Å². The number of hydrogen-bond donors (Lipinski definition) is 1. The SMILES string of the molecule is CC(CC(F)(F)F)NS(=O)(=O)c1c(F)cc(F)cc1Br. The van der Waals surface area contributed by atoms with E-state index in [0.717, 1.165) is 6.92 Å². The van der Waals surface area contributed by atoms with Crippen molar-refractivity contribution in [3.63, 3.8) is 0 Å². The molecule has 1 unspecified atom stereocenters. The molecular weight excluding hydrogens is 373 g/mol. The van der Waals surface area contributed by atoms with Crippen LogP contribution in [0.5, 0.6) is 0 Å². The van der Waals surface area contributed by atoms with Crippen molar-refractivity contribution in [1.82, 2.24) is 4.72 Å². The lowest BCUT2D eigenvalue weighted by atomic mass is 10.2. The van der Waals surface area contributed by atoms with Crippen molar-refractivity contribution in [2.45, 2.75) is 30.5 Å². The predicted molar refractivity (Wildman–Crippen MR) is 64.5 cm³/mol. The van der Waals surface area contributed by atoms with Crippen molar-refractivity contribution in [2.24, 2.45) is 0 Å². The first-order chi connectivity index (χ1) is 8.92. The molecule has 0 aliphatic rings. The number of rotatable bonds is 4. The molecule has 0 heterocycles. The van der Waals surface area contributed by atoms with Gasteiger partial charge < -0.3 is 0 Å². The summed E-state index contributed by atoms with van der Waals surface area (Å²) in [5.74, 6) is -2.42. The van der Waals surface area contributed by atoms with Gasteiger partial charge in [0.05, 0.1) is 6.42 Å². The van der Waals surface area contributed by atoms with Gasteiger partial charge in [-0.05, 0) is 28.9 Å². The van der Waals surface area contributed by atoms with E-state index in [1.54, 1.807) is 4.72 Å². The largest absolute Gasteiger partial charge is 0.390 e. The Kier molecular flexibility index (Phi) is 5.14. The molecule has 10 heteroatoms. The van der Waals surface area contributed by atoms with Crippen molar-refractivity contribution in [1.29, 1.82) is 0 Å². The number of hydrogen-bond acceptors (Lipinski definition) is 2. The van der Waals surface area contributed by atoms with Gasteiger partial charge in [0.2, 0.25) is 10.0 Å². The standard InChI is InChI=1S/C10H9BrF5NO2S/c1-5(4-10(14,15)16)17-20(18,19)9-7(11)2-6(12)3-8(9)13/h2-3,5,17H,4H2,1H3. The molecule has 20 heavy (non-hydrogen) atoms. The molecule has 0 aromatic heterocycles. The molecular formula is C10H9BrF5NO2S. The fourth-order valence-corrected chi connectivity index (χ4v) is 3.91. The van der Waals surface area contributed by atoms with Crippen LogP contribution >= 0.6 is 15.9 Å². The van der Waals surface area contributed by atoms with Crippen LogP contribution in [-0.4, -0.2) is 20.6 Å². The molecule has 0 fully saturated rings. The number of sulfonamides is 1. The minimum Gasteiger partial charge on any atom is -0.208 e. The Bertz CT molecular complexity index is 579. The fraction of sp³-hybridized carbons (Fsp3) is 0.400. The maximum absolute atomic E-state index is 13.5. The van der Waals surface area contributed by atoms with E-state index in [1.807, 2.05) is 0 Å². The molecule has 0 saturated heterocycles. The number of halogens is 6. The van der Waals surface area contributed by atoms with Crippen molar-refractivity contribution in [2.75, 3.05) is 0 Å². The second-order valence-electron chi connectivity index (χ2n) is 4.04. The van der Waals surface area contributed by atoms with E-state index >= 15 is 0 Å². The molecule has 3 nitrogen and oxygen atoms in total. The highest BCUT2D eigenvalue weighted by Gasteiger charge is 2.33. The average molecular weight is 382 g/mol. The van der Waals surface area contributed by atoms with E-state index in [1.165, 1.54) is 0 Å². The Balaban J connectivity index is 3.07. The van der Waals surface area contributed by atoms with E-state index in [4.69, 9.17) is 0 Å². The minimum absolute atomic E-state index is 0.327. The minimum atomic E-state index is -4.57. The Morgan fingerprint density at radius 3 is 2.30 bits per heavy atom. The summed E-state index contributed by atoms with van der Waals surface area (Å²) in [5, 5.41) is 0. The summed E-state index contributed by atoms with van der Waals surface area (Å²) in [6.07, 6.45) is -5.98. The van der Waals surface area contributed by atoms with Gasteiger partial charge in [-0.1, -0.05) is 0 Å². The molecule has 114 valence electrons. The maximum Gasteiger partial charge on any atom is 0.390 e. The summed E-state index contributed by atoms with van der Waals surface area (Å²) in [6.45, 7) is 0.986. The van der Waals surface area contributed by atoms with Crippen LogP contribution in [-0.2, 0) is 10.0 Å². The van der Waals surface area contributed by atoms with Crippen LogP contribution in [0.4, 0.5) is 22.0 Å². The van der Waals surface area contributed by atoms with Gasteiger partial charge in [0, 0.05) is 16.6 Å². The first kappa shape index (κ1) is 17.3. The third kappa shape index (κ3) is 4.67. The molecule has 1 rings (SSSR count). The Morgan fingerprint density at radius 1 is 1.30 bits per heavy atom. The Labute approximate surface area is 120 Å². The van der Waals surface area contributed by atoms with E-state index in [2.05, 4.69) is 15.9 Å². The number of nitrogens with one attached hydrogen (secondary N) is 1. The maximum atomic E-state index is 13.5. The Morgan fingerprint density at radius 2 is 1.85 bits per heavy atom. The fourth-order valence-electron chi connectivity index (χ4n) is 1.50. The van der Waals surface area contributed by atoms with Crippen LogP contribution in [0.2, 0.25) is 0 Å². The summed E-state index contributed by atoms with van der Waals surface area (Å²) in [5.41, 5.74) is 0. The zero-order chi connectivity index (χ0) is 15.7. The normalized spacial score (nSPS) is 14.3. The predicted octanol–water partition coefficient (Wildman–Crippen LogP) is 3.35. The van der Waals surface area contributed by atoms with E-state index in [9.17, 15) is 30.4 Å². The highest BCUT2D eigenvalue weighted by molar-refractivity contribution is 9.10. The molecule has 0 aliphatic heterocycles. The monoisotopic (exact) mass is 381 g/mol. The van der Waals surface area contributed by atoms with Crippen molar-refractivity contribution >= 4 is 26.0 Å². The second-order valence-corrected chi connectivity index (χ2v) is 6.55. The van der Waals surface area contributed by atoms with E-state index < -0.39 is 49.7 Å². The van der Waals surface area contributed by atoms with Gasteiger partial charge in [-0.25, -0.2) is 21.9 Å². The molecule has 1 atom stereocenters.